The first-order valence-electron chi connectivity index (χ1n) is 4.29. The topological polar surface area (TPSA) is 67.5 Å². The largest absolute Gasteiger partial charge is 0.472 e. The van der Waals surface area contributed by atoms with Gasteiger partial charge in [0.15, 0.2) is 9.84 Å². The van der Waals surface area contributed by atoms with Crippen LogP contribution in [0.5, 0.6) is 0 Å². The molecule has 0 aliphatic carbocycles. The molecule has 0 aromatic carbocycles. The van der Waals surface area contributed by atoms with Crippen molar-refractivity contribution in [3.8, 4) is 0 Å². The third-order valence-corrected chi connectivity index (χ3v) is 3.91. The summed E-state index contributed by atoms with van der Waals surface area (Å²) in [5.74, 6) is 0. The zero-order valence-corrected chi connectivity index (χ0v) is 8.99. The zero-order chi connectivity index (χ0) is 10.8. The van der Waals surface area contributed by atoms with Crippen LogP contribution in [0.2, 0.25) is 0 Å². The Hall–Kier alpha value is -0.810. The van der Waals surface area contributed by atoms with Crippen molar-refractivity contribution < 1.29 is 17.9 Å². The fraction of sp³-hybridized carbons (Fsp3) is 0.556. The highest BCUT2D eigenvalue weighted by Gasteiger charge is 2.24. The maximum Gasteiger partial charge on any atom is 0.152 e. The van der Waals surface area contributed by atoms with Crippen molar-refractivity contribution in [2.24, 2.45) is 0 Å². The molecule has 0 aliphatic rings. The maximum absolute atomic E-state index is 11.1. The van der Waals surface area contributed by atoms with Gasteiger partial charge in [-0.1, -0.05) is 0 Å². The predicted molar refractivity (Wildman–Crippen MR) is 52.7 cm³/mol. The summed E-state index contributed by atoms with van der Waals surface area (Å²) in [5.41, 5.74) is 0.799. The van der Waals surface area contributed by atoms with E-state index in [1.807, 2.05) is 0 Å². The molecule has 14 heavy (non-hydrogen) atoms. The molecule has 0 spiro atoms. The molecule has 0 amide bonds. The van der Waals surface area contributed by atoms with Crippen molar-refractivity contribution >= 4 is 9.84 Å². The number of hydrogen-bond acceptors (Lipinski definition) is 4. The van der Waals surface area contributed by atoms with Crippen molar-refractivity contribution in [2.45, 2.75) is 24.7 Å². The fourth-order valence-electron chi connectivity index (χ4n) is 1.10. The molecular formula is C9H14O4S. The number of sulfone groups is 1. The van der Waals surface area contributed by atoms with Crippen LogP contribution in [-0.4, -0.2) is 31.1 Å². The third kappa shape index (κ3) is 2.85. The van der Waals surface area contributed by atoms with Crippen molar-refractivity contribution in [2.75, 3.05) is 6.26 Å². The highest BCUT2D eigenvalue weighted by Crippen LogP contribution is 2.11. The van der Waals surface area contributed by atoms with Crippen molar-refractivity contribution in [1.82, 2.24) is 0 Å². The van der Waals surface area contributed by atoms with Crippen LogP contribution in [0.25, 0.3) is 0 Å². The van der Waals surface area contributed by atoms with Crippen molar-refractivity contribution in [3.05, 3.63) is 24.2 Å². The fourth-order valence-corrected chi connectivity index (χ4v) is 1.77. The number of furan rings is 1. The Bertz CT molecular complexity index is 366. The van der Waals surface area contributed by atoms with E-state index in [0.29, 0.717) is 6.42 Å². The van der Waals surface area contributed by atoms with Gasteiger partial charge in [0, 0.05) is 12.7 Å². The number of hydrogen-bond donors (Lipinski definition) is 1. The van der Waals surface area contributed by atoms with E-state index in [4.69, 9.17) is 4.42 Å². The van der Waals surface area contributed by atoms with E-state index < -0.39 is 21.2 Å². The lowest BCUT2D eigenvalue weighted by atomic mass is 10.1. The van der Waals surface area contributed by atoms with Gasteiger partial charge in [-0.3, -0.25) is 0 Å². The van der Waals surface area contributed by atoms with E-state index in [1.54, 1.807) is 6.07 Å². The smallest absolute Gasteiger partial charge is 0.152 e. The van der Waals surface area contributed by atoms with E-state index in [0.717, 1.165) is 11.8 Å². The molecule has 5 heteroatoms. The number of aliphatic hydroxyl groups is 1. The Kier molecular flexibility index (Phi) is 3.34. The molecule has 2 unspecified atom stereocenters. The Morgan fingerprint density at radius 1 is 1.57 bits per heavy atom. The second-order valence-electron chi connectivity index (χ2n) is 3.44. The van der Waals surface area contributed by atoms with Gasteiger partial charge < -0.3 is 9.52 Å². The van der Waals surface area contributed by atoms with Crippen LogP contribution in [0.15, 0.2) is 23.0 Å². The van der Waals surface area contributed by atoms with E-state index in [-0.39, 0.29) is 0 Å². The molecule has 0 aliphatic heterocycles. The molecular weight excluding hydrogens is 204 g/mol. The average Bonchev–Trinajstić information content (AvgIpc) is 2.53. The molecule has 0 fully saturated rings. The van der Waals surface area contributed by atoms with Gasteiger partial charge in [-0.05, 0) is 18.6 Å². The highest BCUT2D eigenvalue weighted by atomic mass is 32.2. The van der Waals surface area contributed by atoms with Crippen LogP contribution in [0.1, 0.15) is 12.5 Å². The summed E-state index contributed by atoms with van der Waals surface area (Å²) in [6.45, 7) is 1.50. The summed E-state index contributed by atoms with van der Waals surface area (Å²) in [7, 11) is -3.19. The normalized spacial score (nSPS) is 16.5. The van der Waals surface area contributed by atoms with Crippen LogP contribution < -0.4 is 0 Å². The maximum atomic E-state index is 11.1. The first-order chi connectivity index (χ1) is 6.41. The van der Waals surface area contributed by atoms with Crippen LogP contribution >= 0.6 is 0 Å². The van der Waals surface area contributed by atoms with Gasteiger partial charge in [-0.25, -0.2) is 8.42 Å². The Morgan fingerprint density at radius 2 is 2.21 bits per heavy atom. The summed E-state index contributed by atoms with van der Waals surface area (Å²) >= 11 is 0. The number of aliphatic hydroxyl groups excluding tert-OH is 1. The molecule has 1 N–H and O–H groups in total. The SMILES string of the molecule is CC(C(O)Cc1ccoc1)S(C)(=O)=O. The molecule has 4 nitrogen and oxygen atoms in total. The van der Waals surface area contributed by atoms with Gasteiger partial charge >= 0.3 is 0 Å². The lowest BCUT2D eigenvalue weighted by Gasteiger charge is -2.15. The molecule has 1 aromatic heterocycles. The van der Waals surface area contributed by atoms with Gasteiger partial charge in [0.25, 0.3) is 0 Å². The van der Waals surface area contributed by atoms with E-state index in [1.165, 1.54) is 19.5 Å². The average molecular weight is 218 g/mol. The van der Waals surface area contributed by atoms with Crippen LogP contribution in [0.3, 0.4) is 0 Å². The quantitative estimate of drug-likeness (QED) is 0.804. The standard InChI is InChI=1S/C9H14O4S/c1-7(14(2,11)12)9(10)5-8-3-4-13-6-8/h3-4,6-7,9-10H,5H2,1-2H3. The van der Waals surface area contributed by atoms with E-state index in [9.17, 15) is 13.5 Å². The summed E-state index contributed by atoms with van der Waals surface area (Å²) in [6.07, 6.45) is 3.52. The molecule has 0 radical (unpaired) electrons. The molecule has 0 saturated carbocycles. The monoisotopic (exact) mass is 218 g/mol. The second kappa shape index (κ2) is 4.14. The molecule has 80 valence electrons. The summed E-state index contributed by atoms with van der Waals surface area (Å²) in [5, 5.41) is 8.85. The Labute approximate surface area is 83.5 Å². The second-order valence-corrected chi connectivity index (χ2v) is 5.84. The highest BCUT2D eigenvalue weighted by molar-refractivity contribution is 7.91. The Balaban J connectivity index is 2.63. The number of rotatable bonds is 4. The lowest BCUT2D eigenvalue weighted by molar-refractivity contribution is 0.173. The zero-order valence-electron chi connectivity index (χ0n) is 8.17. The van der Waals surface area contributed by atoms with Crippen molar-refractivity contribution in [3.63, 3.8) is 0 Å². The molecule has 1 rings (SSSR count). The summed E-state index contributed by atoms with van der Waals surface area (Å²) in [6, 6.07) is 1.71. The first kappa shape index (κ1) is 11.3. The minimum absolute atomic E-state index is 0.296. The van der Waals surface area contributed by atoms with E-state index in [2.05, 4.69) is 0 Å². The molecule has 0 bridgehead atoms. The molecule has 1 heterocycles. The van der Waals surface area contributed by atoms with E-state index >= 15 is 0 Å². The van der Waals surface area contributed by atoms with Crippen LogP contribution in [0, 0.1) is 0 Å². The summed E-state index contributed by atoms with van der Waals surface area (Å²) in [4.78, 5) is 0. The molecule has 2 atom stereocenters. The Morgan fingerprint density at radius 3 is 2.64 bits per heavy atom. The molecule has 1 aromatic rings. The third-order valence-electron chi connectivity index (χ3n) is 2.24. The van der Waals surface area contributed by atoms with Gasteiger partial charge in [0.2, 0.25) is 0 Å². The lowest BCUT2D eigenvalue weighted by Crippen LogP contribution is -2.32. The van der Waals surface area contributed by atoms with Gasteiger partial charge in [0.05, 0.1) is 23.9 Å². The minimum atomic E-state index is -3.19. The predicted octanol–water partition coefficient (Wildman–Crippen LogP) is 0.616. The summed E-state index contributed by atoms with van der Waals surface area (Å²) < 4.78 is 27.1. The van der Waals surface area contributed by atoms with Crippen LogP contribution in [0.4, 0.5) is 0 Å². The van der Waals surface area contributed by atoms with Gasteiger partial charge in [-0.2, -0.15) is 0 Å². The van der Waals surface area contributed by atoms with Crippen LogP contribution in [-0.2, 0) is 16.3 Å². The van der Waals surface area contributed by atoms with Gasteiger partial charge in [0.1, 0.15) is 0 Å². The van der Waals surface area contributed by atoms with Gasteiger partial charge in [-0.15, -0.1) is 0 Å². The van der Waals surface area contributed by atoms with Crippen molar-refractivity contribution in [1.29, 1.82) is 0 Å². The first-order valence-corrected chi connectivity index (χ1v) is 6.24. The molecule has 0 saturated heterocycles. The minimum Gasteiger partial charge on any atom is -0.472 e.